The second-order valence-corrected chi connectivity index (χ2v) is 10.1. The first-order chi connectivity index (χ1) is 19.8. The average Bonchev–Trinajstić information content (AvgIpc) is 2.97. The van der Waals surface area contributed by atoms with Crippen molar-refractivity contribution in [3.8, 4) is 5.75 Å². The van der Waals surface area contributed by atoms with Crippen LogP contribution in [0.25, 0.3) is 6.08 Å². The lowest BCUT2D eigenvalue weighted by Crippen LogP contribution is -2.57. The zero-order valence-electron chi connectivity index (χ0n) is 21.3. The largest absolute Gasteiger partial charge is 0.483 e. The molecule has 5 amide bonds. The summed E-state index contributed by atoms with van der Waals surface area (Å²) in [6.07, 6.45) is 1.36. The molecule has 0 unspecified atom stereocenters. The Morgan fingerprint density at radius 1 is 0.805 bits per heavy atom. The van der Waals surface area contributed by atoms with Gasteiger partial charge in [0.1, 0.15) is 11.3 Å². The summed E-state index contributed by atoms with van der Waals surface area (Å²) < 4.78 is 6.43. The molecule has 4 aromatic carbocycles. The van der Waals surface area contributed by atoms with Crippen molar-refractivity contribution in [3.05, 3.63) is 124 Å². The van der Waals surface area contributed by atoms with Gasteiger partial charge in [0.2, 0.25) is 0 Å². The number of para-hydroxylation sites is 3. The maximum atomic E-state index is 13.7. The molecule has 204 valence electrons. The number of nitrogens with one attached hydrogen (secondary N) is 1. The van der Waals surface area contributed by atoms with Crippen LogP contribution in [0.2, 0.25) is 5.02 Å². The summed E-state index contributed by atoms with van der Waals surface area (Å²) in [6, 6.07) is 27.7. The van der Waals surface area contributed by atoms with Gasteiger partial charge in [-0.05, 0) is 60.7 Å². The van der Waals surface area contributed by atoms with Crippen molar-refractivity contribution in [2.24, 2.45) is 0 Å². The van der Waals surface area contributed by atoms with Gasteiger partial charge < -0.3 is 10.1 Å². The van der Waals surface area contributed by atoms with E-state index >= 15 is 0 Å². The summed E-state index contributed by atoms with van der Waals surface area (Å²) in [4.78, 5) is 55.4. The normalized spacial score (nSPS) is 13.3. The minimum Gasteiger partial charge on any atom is -0.483 e. The van der Waals surface area contributed by atoms with E-state index in [1.165, 1.54) is 6.08 Å². The number of barbiturate groups is 1. The number of imide groups is 2. The molecule has 0 aromatic heterocycles. The highest BCUT2D eigenvalue weighted by Crippen LogP contribution is 2.32. The van der Waals surface area contributed by atoms with Crippen LogP contribution in [0.4, 0.5) is 21.9 Å². The fraction of sp³-hybridized carbons (Fsp3) is 0.0323. The first kappa shape index (κ1) is 27.8. The lowest BCUT2D eigenvalue weighted by atomic mass is 10.0. The van der Waals surface area contributed by atoms with E-state index in [1.807, 2.05) is 0 Å². The fourth-order valence-corrected chi connectivity index (χ4v) is 4.71. The number of carbonyl (C=O) groups excluding carboxylic acids is 4. The van der Waals surface area contributed by atoms with E-state index in [4.69, 9.17) is 16.3 Å². The monoisotopic (exact) mass is 629 g/mol. The molecule has 0 bridgehead atoms. The van der Waals surface area contributed by atoms with Gasteiger partial charge in [-0.15, -0.1) is 0 Å². The van der Waals surface area contributed by atoms with Gasteiger partial charge in [-0.1, -0.05) is 76.1 Å². The topological polar surface area (TPSA) is 96.0 Å². The third kappa shape index (κ3) is 6.06. The number of amides is 5. The molecule has 1 fully saturated rings. The van der Waals surface area contributed by atoms with Crippen LogP contribution in [0.5, 0.6) is 5.75 Å². The highest BCUT2D eigenvalue weighted by Gasteiger charge is 2.43. The van der Waals surface area contributed by atoms with Gasteiger partial charge in [0.25, 0.3) is 17.7 Å². The Morgan fingerprint density at radius 2 is 1.37 bits per heavy atom. The summed E-state index contributed by atoms with van der Waals surface area (Å²) in [6.45, 7) is -0.365. The number of anilines is 3. The maximum Gasteiger partial charge on any atom is 0.343 e. The molecule has 4 aromatic rings. The number of halogens is 2. The van der Waals surface area contributed by atoms with Gasteiger partial charge in [-0.3, -0.25) is 14.4 Å². The third-order valence-electron chi connectivity index (χ3n) is 6.06. The Bertz CT molecular complexity index is 1610. The Kier molecular flexibility index (Phi) is 8.28. The summed E-state index contributed by atoms with van der Waals surface area (Å²) in [7, 11) is 0. The molecule has 1 aliphatic heterocycles. The zero-order chi connectivity index (χ0) is 28.9. The second-order valence-electron chi connectivity index (χ2n) is 8.79. The molecule has 0 spiro atoms. The summed E-state index contributed by atoms with van der Waals surface area (Å²) in [5, 5.41) is 3.06. The predicted octanol–water partition coefficient (Wildman–Crippen LogP) is 6.70. The molecule has 5 rings (SSSR count). The minimum atomic E-state index is -0.795. The lowest BCUT2D eigenvalue weighted by molar-refractivity contribution is -0.121. The first-order valence-corrected chi connectivity index (χ1v) is 13.5. The lowest BCUT2D eigenvalue weighted by Gasteiger charge is -2.34. The molecule has 41 heavy (non-hydrogen) atoms. The maximum absolute atomic E-state index is 13.7. The summed E-state index contributed by atoms with van der Waals surface area (Å²) in [5.41, 5.74) is 1.14. The van der Waals surface area contributed by atoms with Crippen molar-refractivity contribution in [3.63, 3.8) is 0 Å². The van der Waals surface area contributed by atoms with Crippen molar-refractivity contribution in [1.29, 1.82) is 0 Å². The molecule has 0 atom stereocenters. The highest BCUT2D eigenvalue weighted by atomic mass is 79.9. The number of ether oxygens (including phenoxy) is 1. The van der Waals surface area contributed by atoms with Crippen LogP contribution < -0.4 is 19.9 Å². The molecule has 1 aliphatic rings. The number of hydrogen-bond donors (Lipinski definition) is 1. The number of hydrogen-bond acceptors (Lipinski definition) is 5. The Labute approximate surface area is 248 Å². The number of benzene rings is 4. The Morgan fingerprint density at radius 3 is 1.95 bits per heavy atom. The van der Waals surface area contributed by atoms with E-state index in [-0.39, 0.29) is 17.9 Å². The molecule has 1 heterocycles. The van der Waals surface area contributed by atoms with Crippen molar-refractivity contribution in [2.45, 2.75) is 0 Å². The number of rotatable bonds is 7. The predicted molar refractivity (Wildman–Crippen MR) is 161 cm³/mol. The fourth-order valence-electron chi connectivity index (χ4n) is 4.15. The van der Waals surface area contributed by atoms with Crippen LogP contribution in [0.1, 0.15) is 5.56 Å². The van der Waals surface area contributed by atoms with Crippen LogP contribution in [-0.2, 0) is 14.4 Å². The Balaban J connectivity index is 1.50. The van der Waals surface area contributed by atoms with Crippen molar-refractivity contribution in [1.82, 2.24) is 0 Å². The van der Waals surface area contributed by atoms with Crippen LogP contribution in [-0.4, -0.2) is 30.4 Å². The van der Waals surface area contributed by atoms with Gasteiger partial charge in [-0.2, -0.15) is 0 Å². The molecule has 0 radical (unpaired) electrons. The molecule has 1 saturated heterocycles. The van der Waals surface area contributed by atoms with Gasteiger partial charge in [0, 0.05) is 10.0 Å². The van der Waals surface area contributed by atoms with E-state index in [9.17, 15) is 19.2 Å². The van der Waals surface area contributed by atoms with E-state index < -0.39 is 23.8 Å². The van der Waals surface area contributed by atoms with Crippen LogP contribution in [0.15, 0.2) is 113 Å². The van der Waals surface area contributed by atoms with Crippen LogP contribution >= 0.6 is 27.5 Å². The average molecular weight is 631 g/mol. The molecule has 0 saturated carbocycles. The van der Waals surface area contributed by atoms with Gasteiger partial charge in [-0.25, -0.2) is 14.6 Å². The summed E-state index contributed by atoms with van der Waals surface area (Å²) in [5.74, 6) is -1.80. The highest BCUT2D eigenvalue weighted by molar-refractivity contribution is 9.10. The zero-order valence-corrected chi connectivity index (χ0v) is 23.6. The molecule has 10 heteroatoms. The quantitative estimate of drug-likeness (QED) is 0.181. The van der Waals surface area contributed by atoms with Crippen LogP contribution in [0, 0.1) is 0 Å². The van der Waals surface area contributed by atoms with Gasteiger partial charge in [0.15, 0.2) is 6.61 Å². The Hall–Kier alpha value is -4.73. The molecule has 0 aliphatic carbocycles. The van der Waals surface area contributed by atoms with E-state index in [0.717, 1.165) is 9.80 Å². The van der Waals surface area contributed by atoms with E-state index in [0.29, 0.717) is 32.1 Å². The smallest absolute Gasteiger partial charge is 0.343 e. The third-order valence-corrected chi connectivity index (χ3v) is 6.88. The van der Waals surface area contributed by atoms with Gasteiger partial charge in [0.05, 0.1) is 22.1 Å². The number of urea groups is 1. The SMILES string of the molecule is O=C(COc1ccc(Br)cc1C=C1C(=O)N(c2ccccc2)C(=O)N(c2ccccc2)C1=O)Nc1ccccc1Cl. The molecular formula is C31H21BrClN3O5. The van der Waals surface area contributed by atoms with Gasteiger partial charge >= 0.3 is 6.03 Å². The van der Waals surface area contributed by atoms with E-state index in [1.54, 1.807) is 103 Å². The second kappa shape index (κ2) is 12.2. The molecule has 8 nitrogen and oxygen atoms in total. The summed E-state index contributed by atoms with van der Waals surface area (Å²) >= 11 is 9.53. The first-order valence-electron chi connectivity index (χ1n) is 12.3. The standard InChI is InChI=1S/C31H21BrClN3O5/c32-21-15-16-27(41-19-28(37)34-26-14-8-7-13-25(26)33)20(17-21)18-24-29(38)35(22-9-3-1-4-10-22)31(40)36(30(24)39)23-11-5-2-6-12-23/h1-18H,19H2,(H,34,37). The molecular weight excluding hydrogens is 610 g/mol. The minimum absolute atomic E-state index is 0.241. The van der Waals surface area contributed by atoms with E-state index in [2.05, 4.69) is 21.2 Å². The number of carbonyl (C=O) groups is 4. The van der Waals surface area contributed by atoms with Crippen molar-refractivity contribution >= 4 is 74.4 Å². The molecule has 1 N–H and O–H groups in total. The van der Waals surface area contributed by atoms with Crippen molar-refractivity contribution < 1.29 is 23.9 Å². The van der Waals surface area contributed by atoms with Crippen molar-refractivity contribution in [2.75, 3.05) is 21.7 Å². The van der Waals surface area contributed by atoms with Crippen LogP contribution in [0.3, 0.4) is 0 Å². The number of nitrogens with zero attached hydrogens (tertiary/aromatic N) is 2.